The average molecular weight is 398 g/mol. The lowest BCUT2D eigenvalue weighted by molar-refractivity contribution is -0.113. The fraction of sp³-hybridized carbons (Fsp3) is 0.250. The number of amides is 1. The predicted octanol–water partition coefficient (Wildman–Crippen LogP) is 3.71. The van der Waals surface area contributed by atoms with Crippen molar-refractivity contribution in [2.75, 3.05) is 25.3 Å². The zero-order valence-electron chi connectivity index (χ0n) is 16.0. The molecule has 0 unspecified atom stereocenters. The Labute approximate surface area is 168 Å². The summed E-state index contributed by atoms with van der Waals surface area (Å²) in [5, 5.41) is 12.1. The van der Waals surface area contributed by atoms with Crippen LogP contribution in [-0.4, -0.2) is 40.6 Å². The van der Waals surface area contributed by atoms with Gasteiger partial charge >= 0.3 is 0 Å². The summed E-state index contributed by atoms with van der Waals surface area (Å²) in [4.78, 5) is 12.4. The Balaban J connectivity index is 1.71. The number of thioether (sulfide) groups is 1. The van der Waals surface area contributed by atoms with E-state index in [0.717, 1.165) is 17.1 Å². The number of benzene rings is 2. The van der Waals surface area contributed by atoms with E-state index in [1.165, 1.54) is 11.8 Å². The number of anilines is 1. The number of para-hydroxylation sites is 2. The zero-order chi connectivity index (χ0) is 19.9. The highest BCUT2D eigenvalue weighted by atomic mass is 32.2. The number of carbonyl (C=O) groups excluding carboxylic acids is 1. The summed E-state index contributed by atoms with van der Waals surface area (Å²) in [6.07, 6.45) is 0. The molecular formula is C20H22N4O3S. The fourth-order valence-electron chi connectivity index (χ4n) is 2.72. The molecule has 0 saturated heterocycles. The molecular weight excluding hydrogens is 376 g/mol. The van der Waals surface area contributed by atoms with Crippen LogP contribution in [0.1, 0.15) is 6.92 Å². The number of hydrogen-bond donors (Lipinski definition) is 1. The molecule has 0 aliphatic heterocycles. The van der Waals surface area contributed by atoms with Gasteiger partial charge in [-0.2, -0.15) is 0 Å². The van der Waals surface area contributed by atoms with E-state index in [4.69, 9.17) is 9.47 Å². The molecule has 0 fully saturated rings. The van der Waals surface area contributed by atoms with Gasteiger partial charge in [0.05, 0.1) is 25.7 Å². The molecule has 2 aromatic carbocycles. The lowest BCUT2D eigenvalue weighted by atomic mass is 10.2. The number of aromatic nitrogens is 3. The van der Waals surface area contributed by atoms with E-state index in [2.05, 4.69) is 15.5 Å². The number of hydrogen-bond acceptors (Lipinski definition) is 6. The molecule has 3 rings (SSSR count). The maximum Gasteiger partial charge on any atom is 0.234 e. The molecule has 1 amide bonds. The van der Waals surface area contributed by atoms with Crippen LogP contribution >= 0.6 is 11.8 Å². The summed E-state index contributed by atoms with van der Waals surface area (Å²) in [6.45, 7) is 2.71. The largest absolute Gasteiger partial charge is 0.497 e. The Hall–Kier alpha value is -3.00. The van der Waals surface area contributed by atoms with Crippen molar-refractivity contribution in [3.63, 3.8) is 0 Å². The minimum absolute atomic E-state index is 0.136. The van der Waals surface area contributed by atoms with Gasteiger partial charge in [0.2, 0.25) is 5.91 Å². The first-order chi connectivity index (χ1) is 13.7. The van der Waals surface area contributed by atoms with Gasteiger partial charge in [-0.15, -0.1) is 10.2 Å². The van der Waals surface area contributed by atoms with E-state index in [1.54, 1.807) is 26.4 Å². The molecule has 1 N–H and O–H groups in total. The smallest absolute Gasteiger partial charge is 0.234 e. The Morgan fingerprint density at radius 3 is 2.68 bits per heavy atom. The lowest BCUT2D eigenvalue weighted by Crippen LogP contribution is -2.15. The third kappa shape index (κ3) is 4.45. The third-order valence-corrected chi connectivity index (χ3v) is 5.04. The minimum Gasteiger partial charge on any atom is -0.497 e. The van der Waals surface area contributed by atoms with Gasteiger partial charge in [0.25, 0.3) is 0 Å². The van der Waals surface area contributed by atoms with Gasteiger partial charge < -0.3 is 19.4 Å². The minimum atomic E-state index is -0.136. The monoisotopic (exact) mass is 398 g/mol. The number of ether oxygens (including phenoxy) is 2. The highest BCUT2D eigenvalue weighted by molar-refractivity contribution is 7.99. The molecule has 0 aliphatic rings. The first-order valence-corrected chi connectivity index (χ1v) is 9.78. The molecule has 0 aliphatic carbocycles. The first-order valence-electron chi connectivity index (χ1n) is 8.79. The number of methoxy groups -OCH3 is 2. The highest BCUT2D eigenvalue weighted by Crippen LogP contribution is 2.27. The summed E-state index contributed by atoms with van der Waals surface area (Å²) in [7, 11) is 3.20. The summed E-state index contributed by atoms with van der Waals surface area (Å²) in [5.41, 5.74) is 1.56. The Kier molecular flexibility index (Phi) is 6.54. The van der Waals surface area contributed by atoms with Crippen LogP contribution in [0.15, 0.2) is 53.7 Å². The van der Waals surface area contributed by atoms with Gasteiger partial charge in [0, 0.05) is 12.1 Å². The molecule has 0 spiro atoms. The Morgan fingerprint density at radius 2 is 1.93 bits per heavy atom. The van der Waals surface area contributed by atoms with Crippen LogP contribution in [-0.2, 0) is 11.3 Å². The maximum atomic E-state index is 12.4. The van der Waals surface area contributed by atoms with E-state index in [1.807, 2.05) is 47.9 Å². The number of rotatable bonds is 8. The molecule has 0 bridgehead atoms. The van der Waals surface area contributed by atoms with E-state index in [0.29, 0.717) is 23.1 Å². The first kappa shape index (κ1) is 19.8. The Bertz CT molecular complexity index is 958. The Morgan fingerprint density at radius 1 is 1.11 bits per heavy atom. The third-order valence-electron chi connectivity index (χ3n) is 4.07. The van der Waals surface area contributed by atoms with Crippen LogP contribution in [0.2, 0.25) is 0 Å². The summed E-state index contributed by atoms with van der Waals surface area (Å²) >= 11 is 1.34. The molecule has 0 saturated carbocycles. The van der Waals surface area contributed by atoms with Gasteiger partial charge in [-0.1, -0.05) is 36.0 Å². The van der Waals surface area contributed by atoms with Crippen molar-refractivity contribution in [2.24, 2.45) is 0 Å². The molecule has 28 heavy (non-hydrogen) atoms. The van der Waals surface area contributed by atoms with Crippen molar-refractivity contribution in [1.82, 2.24) is 14.8 Å². The molecule has 0 atom stereocenters. The van der Waals surface area contributed by atoms with E-state index < -0.39 is 0 Å². The molecule has 0 radical (unpaired) electrons. The van der Waals surface area contributed by atoms with Gasteiger partial charge in [-0.05, 0) is 31.2 Å². The molecule has 1 heterocycles. The van der Waals surface area contributed by atoms with Crippen LogP contribution in [0, 0.1) is 0 Å². The van der Waals surface area contributed by atoms with Crippen molar-refractivity contribution in [2.45, 2.75) is 18.6 Å². The van der Waals surface area contributed by atoms with Crippen molar-refractivity contribution >= 4 is 23.4 Å². The van der Waals surface area contributed by atoms with Crippen LogP contribution in [0.5, 0.6) is 11.5 Å². The lowest BCUT2D eigenvalue weighted by Gasteiger charge is -2.10. The summed E-state index contributed by atoms with van der Waals surface area (Å²) < 4.78 is 12.5. The standard InChI is InChI=1S/C20H22N4O3S/c1-4-24-19(14-8-7-9-15(12-14)26-2)22-23-20(24)28-13-18(25)21-16-10-5-6-11-17(16)27-3/h5-12H,4,13H2,1-3H3,(H,21,25). The van der Waals surface area contributed by atoms with E-state index in [-0.39, 0.29) is 11.7 Å². The van der Waals surface area contributed by atoms with Gasteiger partial charge in [-0.25, -0.2) is 0 Å². The van der Waals surface area contributed by atoms with Crippen molar-refractivity contribution < 1.29 is 14.3 Å². The van der Waals surface area contributed by atoms with Crippen LogP contribution in [0.3, 0.4) is 0 Å². The molecule has 146 valence electrons. The normalized spacial score (nSPS) is 10.5. The topological polar surface area (TPSA) is 78.3 Å². The van der Waals surface area contributed by atoms with Gasteiger partial charge in [-0.3, -0.25) is 4.79 Å². The second-order valence-corrected chi connectivity index (χ2v) is 6.76. The van der Waals surface area contributed by atoms with E-state index >= 15 is 0 Å². The zero-order valence-corrected chi connectivity index (χ0v) is 16.8. The number of nitrogens with one attached hydrogen (secondary N) is 1. The number of nitrogens with zero attached hydrogens (tertiary/aromatic N) is 3. The van der Waals surface area contributed by atoms with Crippen molar-refractivity contribution in [1.29, 1.82) is 0 Å². The molecule has 3 aromatic rings. The van der Waals surface area contributed by atoms with E-state index in [9.17, 15) is 4.79 Å². The maximum absolute atomic E-state index is 12.4. The van der Waals surface area contributed by atoms with Crippen LogP contribution in [0.25, 0.3) is 11.4 Å². The van der Waals surface area contributed by atoms with Crippen molar-refractivity contribution in [3.8, 4) is 22.9 Å². The van der Waals surface area contributed by atoms with Crippen molar-refractivity contribution in [3.05, 3.63) is 48.5 Å². The summed E-state index contributed by atoms with van der Waals surface area (Å²) in [6, 6.07) is 15.0. The second kappa shape index (κ2) is 9.27. The summed E-state index contributed by atoms with van der Waals surface area (Å²) in [5.74, 6) is 2.21. The van der Waals surface area contributed by atoms with Crippen LogP contribution < -0.4 is 14.8 Å². The average Bonchev–Trinajstić information content (AvgIpc) is 3.15. The van der Waals surface area contributed by atoms with Gasteiger partial charge in [0.1, 0.15) is 11.5 Å². The second-order valence-electron chi connectivity index (χ2n) is 5.82. The van der Waals surface area contributed by atoms with Crippen LogP contribution in [0.4, 0.5) is 5.69 Å². The molecule has 1 aromatic heterocycles. The SMILES string of the molecule is CCn1c(SCC(=O)Nc2ccccc2OC)nnc1-c1cccc(OC)c1. The quantitative estimate of drug-likeness (QED) is 0.583. The number of carbonyl (C=O) groups is 1. The molecule has 8 heteroatoms. The van der Waals surface area contributed by atoms with Gasteiger partial charge in [0.15, 0.2) is 11.0 Å². The predicted molar refractivity (Wildman–Crippen MR) is 110 cm³/mol. The fourth-order valence-corrected chi connectivity index (χ4v) is 3.52. The molecule has 7 nitrogen and oxygen atoms in total. The highest BCUT2D eigenvalue weighted by Gasteiger charge is 2.15.